The van der Waals surface area contributed by atoms with Gasteiger partial charge in [0.15, 0.2) is 0 Å². The first-order valence-corrected chi connectivity index (χ1v) is 7.08. The van der Waals surface area contributed by atoms with Crippen LogP contribution in [0.25, 0.3) is 0 Å². The summed E-state index contributed by atoms with van der Waals surface area (Å²) in [6.07, 6.45) is 1.68. The molecule has 1 heterocycles. The average Bonchev–Trinajstić information content (AvgIpc) is 2.46. The number of carboxylic acid groups (broad SMARTS) is 1. The quantitative estimate of drug-likeness (QED) is 0.919. The molecule has 2 rings (SSSR count). The van der Waals surface area contributed by atoms with Crippen LogP contribution < -0.4 is 4.74 Å². The molecule has 1 saturated heterocycles. The minimum atomic E-state index is -0.694. The molecule has 1 N–H and O–H groups in total. The molecule has 0 bridgehead atoms. The van der Waals surface area contributed by atoms with Gasteiger partial charge in [-0.15, -0.1) is 0 Å². The molecule has 4 heteroatoms. The number of carboxylic acids is 1. The molecule has 0 radical (unpaired) electrons. The topological polar surface area (TPSA) is 49.8 Å². The normalized spacial score (nSPS) is 25.1. The number of hydrogen-bond acceptors (Lipinski definition) is 3. The van der Waals surface area contributed by atoms with Gasteiger partial charge in [-0.25, -0.2) is 0 Å². The van der Waals surface area contributed by atoms with Crippen molar-refractivity contribution in [2.75, 3.05) is 20.2 Å². The molecule has 2 unspecified atom stereocenters. The molecule has 0 amide bonds. The van der Waals surface area contributed by atoms with Crippen molar-refractivity contribution in [3.05, 3.63) is 29.8 Å². The zero-order valence-electron chi connectivity index (χ0n) is 12.4. The molecule has 0 spiro atoms. The van der Waals surface area contributed by atoms with E-state index < -0.39 is 11.4 Å². The summed E-state index contributed by atoms with van der Waals surface area (Å²) in [7, 11) is 1.66. The number of nitrogens with zero attached hydrogens (tertiary/aromatic N) is 1. The van der Waals surface area contributed by atoms with Gasteiger partial charge in [0.05, 0.1) is 12.5 Å². The van der Waals surface area contributed by atoms with E-state index in [9.17, 15) is 9.90 Å². The number of methoxy groups -OCH3 is 1. The molecular weight excluding hydrogens is 254 g/mol. The number of rotatable bonds is 4. The molecule has 1 fully saturated rings. The number of likely N-dealkylation sites (tertiary alicyclic amines) is 1. The van der Waals surface area contributed by atoms with Crippen molar-refractivity contribution in [1.29, 1.82) is 0 Å². The standard InChI is InChI=1S/C16H23NO3/c1-12(13-6-4-7-14(10-13)20-3)17-9-5-8-16(2,11-17)15(18)19/h4,6-7,10,12H,5,8-9,11H2,1-3H3,(H,18,19). The van der Waals surface area contributed by atoms with Crippen LogP contribution in [-0.2, 0) is 4.79 Å². The third-order valence-electron chi connectivity index (χ3n) is 4.37. The lowest BCUT2D eigenvalue weighted by Crippen LogP contribution is -2.46. The van der Waals surface area contributed by atoms with Gasteiger partial charge in [-0.1, -0.05) is 12.1 Å². The van der Waals surface area contributed by atoms with Gasteiger partial charge in [-0.3, -0.25) is 9.69 Å². The predicted octanol–water partition coefficient (Wildman–Crippen LogP) is 2.94. The van der Waals surface area contributed by atoms with Crippen molar-refractivity contribution in [2.45, 2.75) is 32.7 Å². The first-order valence-electron chi connectivity index (χ1n) is 7.08. The van der Waals surface area contributed by atoms with Gasteiger partial charge in [0.2, 0.25) is 0 Å². The van der Waals surface area contributed by atoms with E-state index in [2.05, 4.69) is 17.9 Å². The number of carbonyl (C=O) groups is 1. The van der Waals surface area contributed by atoms with E-state index in [4.69, 9.17) is 4.74 Å². The number of hydrogen-bond donors (Lipinski definition) is 1. The fourth-order valence-electron chi connectivity index (χ4n) is 2.90. The molecule has 0 saturated carbocycles. The zero-order valence-corrected chi connectivity index (χ0v) is 12.4. The summed E-state index contributed by atoms with van der Waals surface area (Å²) in [5.41, 5.74) is 0.532. The van der Waals surface area contributed by atoms with Gasteiger partial charge in [0.25, 0.3) is 0 Å². The summed E-state index contributed by atoms with van der Waals surface area (Å²) < 4.78 is 5.26. The average molecular weight is 277 g/mol. The van der Waals surface area contributed by atoms with E-state index in [0.717, 1.165) is 25.1 Å². The van der Waals surface area contributed by atoms with Crippen LogP contribution in [-0.4, -0.2) is 36.2 Å². The van der Waals surface area contributed by atoms with Crippen molar-refractivity contribution < 1.29 is 14.6 Å². The highest BCUT2D eigenvalue weighted by molar-refractivity contribution is 5.74. The Labute approximate surface area is 120 Å². The smallest absolute Gasteiger partial charge is 0.310 e. The second-order valence-electron chi connectivity index (χ2n) is 5.89. The van der Waals surface area contributed by atoms with Crippen LogP contribution in [0.15, 0.2) is 24.3 Å². The number of aliphatic carboxylic acids is 1. The van der Waals surface area contributed by atoms with Gasteiger partial charge in [-0.05, 0) is 50.9 Å². The maximum absolute atomic E-state index is 11.4. The maximum Gasteiger partial charge on any atom is 0.310 e. The minimum Gasteiger partial charge on any atom is -0.497 e. The lowest BCUT2D eigenvalue weighted by molar-refractivity contribution is -0.151. The Bertz CT molecular complexity index is 488. The van der Waals surface area contributed by atoms with E-state index >= 15 is 0 Å². The van der Waals surface area contributed by atoms with E-state index in [-0.39, 0.29) is 6.04 Å². The molecule has 20 heavy (non-hydrogen) atoms. The Morgan fingerprint density at radius 3 is 2.90 bits per heavy atom. The lowest BCUT2D eigenvalue weighted by atomic mass is 9.81. The SMILES string of the molecule is COc1cccc(C(C)N2CCCC(C)(C(=O)O)C2)c1. The van der Waals surface area contributed by atoms with E-state index in [1.807, 2.05) is 25.1 Å². The van der Waals surface area contributed by atoms with Gasteiger partial charge in [-0.2, -0.15) is 0 Å². The molecule has 1 aliphatic rings. The van der Waals surface area contributed by atoms with Crippen LogP contribution in [0.4, 0.5) is 0 Å². The largest absolute Gasteiger partial charge is 0.497 e. The number of ether oxygens (including phenoxy) is 1. The first kappa shape index (κ1) is 14.9. The summed E-state index contributed by atoms with van der Waals surface area (Å²) in [6, 6.07) is 8.19. The molecular formula is C16H23NO3. The van der Waals surface area contributed by atoms with Crippen molar-refractivity contribution in [2.24, 2.45) is 5.41 Å². The summed E-state index contributed by atoms with van der Waals surface area (Å²) in [4.78, 5) is 13.7. The van der Waals surface area contributed by atoms with Crippen LogP contribution in [0.3, 0.4) is 0 Å². The number of piperidine rings is 1. The monoisotopic (exact) mass is 277 g/mol. The van der Waals surface area contributed by atoms with E-state index in [1.165, 1.54) is 5.56 Å². The minimum absolute atomic E-state index is 0.198. The zero-order chi connectivity index (χ0) is 14.8. The Kier molecular flexibility index (Phi) is 4.33. The molecule has 1 aromatic carbocycles. The van der Waals surface area contributed by atoms with Crippen molar-refractivity contribution in [3.8, 4) is 5.75 Å². The summed E-state index contributed by atoms with van der Waals surface area (Å²) in [5, 5.41) is 9.40. The second-order valence-corrected chi connectivity index (χ2v) is 5.89. The van der Waals surface area contributed by atoms with Crippen LogP contribution in [0, 0.1) is 5.41 Å². The number of benzene rings is 1. The Morgan fingerprint density at radius 1 is 1.50 bits per heavy atom. The summed E-state index contributed by atoms with van der Waals surface area (Å²) in [6.45, 7) is 5.52. The molecule has 1 aromatic rings. The predicted molar refractivity (Wildman–Crippen MR) is 78.0 cm³/mol. The van der Waals surface area contributed by atoms with Gasteiger partial charge in [0, 0.05) is 12.6 Å². The lowest BCUT2D eigenvalue weighted by Gasteiger charge is -2.40. The van der Waals surface area contributed by atoms with Crippen molar-refractivity contribution in [1.82, 2.24) is 4.90 Å². The highest BCUT2D eigenvalue weighted by atomic mass is 16.5. The highest BCUT2D eigenvalue weighted by Gasteiger charge is 2.39. The van der Waals surface area contributed by atoms with Gasteiger partial charge < -0.3 is 9.84 Å². The van der Waals surface area contributed by atoms with Crippen molar-refractivity contribution >= 4 is 5.97 Å². The highest BCUT2D eigenvalue weighted by Crippen LogP contribution is 2.34. The van der Waals surface area contributed by atoms with Gasteiger partial charge in [0.1, 0.15) is 5.75 Å². The second kappa shape index (κ2) is 5.83. The Morgan fingerprint density at radius 2 is 2.25 bits per heavy atom. The van der Waals surface area contributed by atoms with E-state index in [1.54, 1.807) is 7.11 Å². The molecule has 4 nitrogen and oxygen atoms in total. The Hall–Kier alpha value is -1.55. The summed E-state index contributed by atoms with van der Waals surface area (Å²) in [5.74, 6) is 0.146. The van der Waals surface area contributed by atoms with Crippen LogP contribution in [0.5, 0.6) is 5.75 Å². The van der Waals surface area contributed by atoms with Gasteiger partial charge >= 0.3 is 5.97 Å². The molecule has 0 aliphatic carbocycles. The fourth-order valence-corrected chi connectivity index (χ4v) is 2.90. The molecule has 1 aliphatic heterocycles. The molecule has 110 valence electrons. The van der Waals surface area contributed by atoms with Crippen LogP contribution >= 0.6 is 0 Å². The molecule has 2 atom stereocenters. The van der Waals surface area contributed by atoms with Crippen LogP contribution in [0.2, 0.25) is 0 Å². The fraction of sp³-hybridized carbons (Fsp3) is 0.562. The first-order chi connectivity index (χ1) is 9.46. The summed E-state index contributed by atoms with van der Waals surface area (Å²) >= 11 is 0. The molecule has 0 aromatic heterocycles. The maximum atomic E-state index is 11.4. The third-order valence-corrected chi connectivity index (χ3v) is 4.37. The van der Waals surface area contributed by atoms with E-state index in [0.29, 0.717) is 6.54 Å². The van der Waals surface area contributed by atoms with Crippen molar-refractivity contribution in [3.63, 3.8) is 0 Å². The third kappa shape index (κ3) is 2.96. The Balaban J connectivity index is 2.15. The van der Waals surface area contributed by atoms with Crippen LogP contribution in [0.1, 0.15) is 38.3 Å².